The third kappa shape index (κ3) is 3.97. The van der Waals surface area contributed by atoms with Gasteiger partial charge in [-0.1, -0.05) is 6.07 Å². The smallest absolute Gasteiger partial charge is 0.328 e. The quantitative estimate of drug-likeness (QED) is 0.549. The third-order valence-electron chi connectivity index (χ3n) is 3.53. The fourth-order valence-corrected chi connectivity index (χ4v) is 3.15. The number of imide groups is 1. The molecule has 1 aromatic rings. The average molecular weight is 376 g/mol. The number of ether oxygens (including phenoxy) is 3. The van der Waals surface area contributed by atoms with Crippen LogP contribution in [0.15, 0.2) is 23.1 Å². The third-order valence-corrected chi connectivity index (χ3v) is 4.41. The topological polar surface area (TPSA) is 106 Å². The van der Waals surface area contributed by atoms with Gasteiger partial charge in [-0.05, 0) is 42.5 Å². The summed E-state index contributed by atoms with van der Waals surface area (Å²) in [4.78, 5) is 37.2. The first-order valence-corrected chi connectivity index (χ1v) is 8.27. The number of nitrogens with zero attached hydrogens (tertiary/aromatic N) is 2. The molecule has 26 heavy (non-hydrogen) atoms. The second-order valence-electron chi connectivity index (χ2n) is 5.11. The van der Waals surface area contributed by atoms with Crippen molar-refractivity contribution in [3.8, 4) is 17.6 Å². The molecule has 1 aliphatic heterocycles. The molecule has 0 aromatic heterocycles. The van der Waals surface area contributed by atoms with Gasteiger partial charge in [-0.15, -0.1) is 0 Å². The fraction of sp³-hybridized carbons (Fsp3) is 0.294. The molecule has 1 heterocycles. The molecular formula is C17H16N2O6S. The minimum atomic E-state index is -1.00. The second kappa shape index (κ2) is 8.40. The van der Waals surface area contributed by atoms with E-state index in [1.165, 1.54) is 27.2 Å². The van der Waals surface area contributed by atoms with Crippen LogP contribution < -0.4 is 9.47 Å². The van der Waals surface area contributed by atoms with Crippen molar-refractivity contribution in [2.45, 2.75) is 13.0 Å². The standard InChI is InChI=1S/C17H16N2O6S/c1-10(16(21)24-3)19-15(20)14(26-17(19)22)9-11-4-5-12(25-7-6-18)13(8-11)23-2/h4-5,8-10H,7H2,1-3H3/b14-9+. The zero-order valence-electron chi connectivity index (χ0n) is 14.3. The lowest BCUT2D eigenvalue weighted by molar-refractivity contribution is -0.148. The number of amides is 2. The maximum atomic E-state index is 12.5. The van der Waals surface area contributed by atoms with Crippen molar-refractivity contribution in [1.29, 1.82) is 5.26 Å². The molecule has 1 aliphatic rings. The molecule has 1 fully saturated rings. The maximum Gasteiger partial charge on any atom is 0.328 e. The molecular weight excluding hydrogens is 360 g/mol. The van der Waals surface area contributed by atoms with Crippen LogP contribution in [0.5, 0.6) is 11.5 Å². The minimum Gasteiger partial charge on any atom is -0.493 e. The molecule has 2 rings (SSSR count). The highest BCUT2D eigenvalue weighted by molar-refractivity contribution is 8.18. The zero-order valence-corrected chi connectivity index (χ0v) is 15.2. The Balaban J connectivity index is 2.27. The van der Waals surface area contributed by atoms with Crippen molar-refractivity contribution in [2.75, 3.05) is 20.8 Å². The van der Waals surface area contributed by atoms with Crippen molar-refractivity contribution in [1.82, 2.24) is 4.90 Å². The molecule has 136 valence electrons. The first-order valence-electron chi connectivity index (χ1n) is 7.45. The van der Waals surface area contributed by atoms with Gasteiger partial charge in [0.2, 0.25) is 0 Å². The summed E-state index contributed by atoms with van der Waals surface area (Å²) in [6.07, 6.45) is 1.52. The molecule has 1 aromatic carbocycles. The summed E-state index contributed by atoms with van der Waals surface area (Å²) in [5, 5.41) is 8.04. The molecule has 1 saturated heterocycles. The lowest BCUT2D eigenvalue weighted by atomic mass is 10.1. The van der Waals surface area contributed by atoms with E-state index in [0.29, 0.717) is 17.1 Å². The van der Waals surface area contributed by atoms with Crippen molar-refractivity contribution in [3.05, 3.63) is 28.7 Å². The van der Waals surface area contributed by atoms with Gasteiger partial charge in [0.1, 0.15) is 12.1 Å². The zero-order chi connectivity index (χ0) is 19.3. The number of esters is 1. The Morgan fingerprint density at radius 1 is 1.35 bits per heavy atom. The van der Waals surface area contributed by atoms with Gasteiger partial charge in [0.25, 0.3) is 11.1 Å². The summed E-state index contributed by atoms with van der Waals surface area (Å²) in [5.74, 6) is -0.467. The van der Waals surface area contributed by atoms with Crippen LogP contribution in [0.1, 0.15) is 12.5 Å². The van der Waals surface area contributed by atoms with E-state index in [2.05, 4.69) is 4.74 Å². The van der Waals surface area contributed by atoms with Gasteiger partial charge in [0.15, 0.2) is 18.1 Å². The highest BCUT2D eigenvalue weighted by Crippen LogP contribution is 2.35. The molecule has 1 atom stereocenters. The summed E-state index contributed by atoms with van der Waals surface area (Å²) in [6.45, 7) is 1.30. The summed E-state index contributed by atoms with van der Waals surface area (Å²) >= 11 is 0.740. The van der Waals surface area contributed by atoms with Crippen LogP contribution in [0.3, 0.4) is 0 Å². The van der Waals surface area contributed by atoms with Gasteiger partial charge in [-0.3, -0.25) is 14.5 Å². The number of nitriles is 1. The van der Waals surface area contributed by atoms with Gasteiger partial charge >= 0.3 is 5.97 Å². The van der Waals surface area contributed by atoms with Gasteiger partial charge in [0, 0.05) is 0 Å². The summed E-state index contributed by atoms with van der Waals surface area (Å²) < 4.78 is 15.0. The monoisotopic (exact) mass is 376 g/mol. The van der Waals surface area contributed by atoms with Crippen LogP contribution in [0.25, 0.3) is 6.08 Å². The van der Waals surface area contributed by atoms with Gasteiger partial charge in [0.05, 0.1) is 19.1 Å². The Morgan fingerprint density at radius 3 is 2.69 bits per heavy atom. The number of thioether (sulfide) groups is 1. The SMILES string of the molecule is COC(=O)C(C)N1C(=O)S/C(=C/c2ccc(OCC#N)c(OC)c2)C1=O. The molecule has 0 aliphatic carbocycles. The van der Waals surface area contributed by atoms with Crippen LogP contribution in [-0.4, -0.2) is 48.9 Å². The van der Waals surface area contributed by atoms with Crippen LogP contribution in [-0.2, 0) is 14.3 Å². The molecule has 0 saturated carbocycles. The van der Waals surface area contributed by atoms with Crippen LogP contribution in [0.4, 0.5) is 4.79 Å². The lowest BCUT2D eigenvalue weighted by Crippen LogP contribution is -2.42. The van der Waals surface area contributed by atoms with Crippen LogP contribution in [0.2, 0.25) is 0 Å². The molecule has 2 amide bonds. The maximum absolute atomic E-state index is 12.5. The van der Waals surface area contributed by atoms with Gasteiger partial charge in [-0.25, -0.2) is 4.79 Å². The second-order valence-corrected chi connectivity index (χ2v) is 6.10. The summed E-state index contributed by atoms with van der Waals surface area (Å²) in [5.41, 5.74) is 0.599. The normalized spacial score (nSPS) is 16.4. The largest absolute Gasteiger partial charge is 0.493 e. The Kier molecular flexibility index (Phi) is 6.25. The predicted molar refractivity (Wildman–Crippen MR) is 93.4 cm³/mol. The van der Waals surface area contributed by atoms with E-state index in [1.807, 2.05) is 6.07 Å². The first-order chi connectivity index (χ1) is 12.4. The van der Waals surface area contributed by atoms with Crippen molar-refractivity contribution >= 4 is 35.0 Å². The molecule has 0 spiro atoms. The molecule has 9 heteroatoms. The number of carbonyl (C=O) groups is 3. The Bertz CT molecular complexity index is 814. The van der Waals surface area contributed by atoms with E-state index >= 15 is 0 Å². The molecule has 8 nitrogen and oxygen atoms in total. The van der Waals surface area contributed by atoms with Gasteiger partial charge < -0.3 is 14.2 Å². The van der Waals surface area contributed by atoms with E-state index in [-0.39, 0.29) is 11.5 Å². The average Bonchev–Trinajstić information content (AvgIpc) is 2.92. The van der Waals surface area contributed by atoms with Crippen molar-refractivity contribution < 1.29 is 28.6 Å². The summed E-state index contributed by atoms with van der Waals surface area (Å²) in [6, 6.07) is 5.73. The number of carbonyl (C=O) groups excluding carboxylic acids is 3. The Morgan fingerprint density at radius 2 is 2.08 bits per heavy atom. The Labute approximate surface area is 154 Å². The van der Waals surface area contributed by atoms with E-state index in [0.717, 1.165) is 16.7 Å². The van der Waals surface area contributed by atoms with Crippen molar-refractivity contribution in [2.24, 2.45) is 0 Å². The molecule has 1 unspecified atom stereocenters. The Hall–Kier alpha value is -2.99. The number of hydrogen-bond donors (Lipinski definition) is 0. The molecule has 0 N–H and O–H groups in total. The van der Waals surface area contributed by atoms with E-state index in [1.54, 1.807) is 18.2 Å². The van der Waals surface area contributed by atoms with Crippen LogP contribution in [0, 0.1) is 11.3 Å². The highest BCUT2D eigenvalue weighted by atomic mass is 32.2. The van der Waals surface area contributed by atoms with E-state index < -0.39 is 23.2 Å². The fourth-order valence-electron chi connectivity index (χ4n) is 2.24. The summed E-state index contributed by atoms with van der Waals surface area (Å²) in [7, 11) is 2.64. The number of rotatable bonds is 6. The number of methoxy groups -OCH3 is 2. The van der Waals surface area contributed by atoms with Gasteiger partial charge in [-0.2, -0.15) is 5.26 Å². The van der Waals surface area contributed by atoms with E-state index in [4.69, 9.17) is 14.7 Å². The lowest BCUT2D eigenvalue weighted by Gasteiger charge is -2.18. The minimum absolute atomic E-state index is 0.125. The first kappa shape index (κ1) is 19.3. The molecule has 0 radical (unpaired) electrons. The van der Waals surface area contributed by atoms with E-state index in [9.17, 15) is 14.4 Å². The van der Waals surface area contributed by atoms with Crippen molar-refractivity contribution in [3.63, 3.8) is 0 Å². The highest BCUT2D eigenvalue weighted by Gasteiger charge is 2.41. The predicted octanol–water partition coefficient (Wildman–Crippen LogP) is 2.20. The van der Waals surface area contributed by atoms with Crippen LogP contribution >= 0.6 is 11.8 Å². The molecule has 0 bridgehead atoms. The number of benzene rings is 1. The number of hydrogen-bond acceptors (Lipinski definition) is 8.